The summed E-state index contributed by atoms with van der Waals surface area (Å²) in [6.45, 7) is 5.38. The molecule has 0 bridgehead atoms. The van der Waals surface area contributed by atoms with Gasteiger partial charge in [0.2, 0.25) is 10.0 Å². The SMILES string of the molecule is Cc1cc(N)c(C)c(S(=O)(=O)NC(C)c2ccsc2)c1. The van der Waals surface area contributed by atoms with Crippen LogP contribution in [0, 0.1) is 13.8 Å². The van der Waals surface area contributed by atoms with Gasteiger partial charge in [-0.15, -0.1) is 0 Å². The van der Waals surface area contributed by atoms with Crippen LogP contribution >= 0.6 is 11.3 Å². The summed E-state index contributed by atoms with van der Waals surface area (Å²) >= 11 is 1.54. The van der Waals surface area contributed by atoms with Gasteiger partial charge in [0.05, 0.1) is 4.90 Å². The molecular weight excluding hydrogens is 292 g/mol. The molecule has 1 aromatic heterocycles. The first kappa shape index (κ1) is 15.0. The number of thiophene rings is 1. The Morgan fingerprint density at radius 1 is 1.30 bits per heavy atom. The Morgan fingerprint density at radius 2 is 2.00 bits per heavy atom. The number of aryl methyl sites for hydroxylation is 1. The van der Waals surface area contributed by atoms with Gasteiger partial charge in [-0.05, 0) is 66.4 Å². The second-order valence-corrected chi connectivity index (χ2v) is 7.34. The minimum absolute atomic E-state index is 0.247. The van der Waals surface area contributed by atoms with Crippen LogP contribution in [0.2, 0.25) is 0 Å². The standard InChI is InChI=1S/C14H18N2O2S2/c1-9-6-13(15)10(2)14(7-9)20(17,18)16-11(3)12-4-5-19-8-12/h4-8,11,16H,15H2,1-3H3. The molecule has 1 unspecified atom stereocenters. The highest BCUT2D eigenvalue weighted by Crippen LogP contribution is 2.25. The molecule has 0 saturated heterocycles. The van der Waals surface area contributed by atoms with E-state index in [1.54, 1.807) is 30.4 Å². The van der Waals surface area contributed by atoms with Gasteiger partial charge in [-0.2, -0.15) is 11.3 Å². The molecule has 0 aliphatic carbocycles. The third-order valence-electron chi connectivity index (χ3n) is 3.21. The predicted octanol–water partition coefficient (Wildman–Crippen LogP) is 2.99. The number of benzene rings is 1. The van der Waals surface area contributed by atoms with Gasteiger partial charge in [0.25, 0.3) is 0 Å². The lowest BCUT2D eigenvalue weighted by Gasteiger charge is -2.16. The minimum Gasteiger partial charge on any atom is -0.398 e. The molecule has 0 aliphatic heterocycles. The van der Waals surface area contributed by atoms with Gasteiger partial charge in [0, 0.05) is 11.7 Å². The predicted molar refractivity (Wildman–Crippen MR) is 83.4 cm³/mol. The largest absolute Gasteiger partial charge is 0.398 e. The van der Waals surface area contributed by atoms with E-state index in [2.05, 4.69) is 4.72 Å². The molecule has 1 aromatic carbocycles. The summed E-state index contributed by atoms with van der Waals surface area (Å²) in [5.74, 6) is 0. The van der Waals surface area contributed by atoms with E-state index in [4.69, 9.17) is 5.73 Å². The number of hydrogen-bond acceptors (Lipinski definition) is 4. The van der Waals surface area contributed by atoms with Crippen molar-refractivity contribution in [1.29, 1.82) is 0 Å². The molecule has 6 heteroatoms. The van der Waals surface area contributed by atoms with Crippen molar-refractivity contribution in [3.8, 4) is 0 Å². The summed E-state index contributed by atoms with van der Waals surface area (Å²) in [6, 6.07) is 5.06. The number of rotatable bonds is 4. The van der Waals surface area contributed by atoms with Crippen LogP contribution in [-0.4, -0.2) is 8.42 Å². The first-order valence-electron chi connectivity index (χ1n) is 6.22. The molecule has 1 heterocycles. The number of nitrogen functional groups attached to an aromatic ring is 1. The van der Waals surface area contributed by atoms with E-state index >= 15 is 0 Å². The molecule has 2 rings (SSSR count). The van der Waals surface area contributed by atoms with Crippen LogP contribution in [-0.2, 0) is 10.0 Å². The number of anilines is 1. The van der Waals surface area contributed by atoms with E-state index in [-0.39, 0.29) is 10.9 Å². The molecule has 0 amide bonds. The van der Waals surface area contributed by atoms with Crippen LogP contribution in [0.15, 0.2) is 33.9 Å². The zero-order valence-electron chi connectivity index (χ0n) is 11.7. The van der Waals surface area contributed by atoms with Crippen molar-refractivity contribution in [3.63, 3.8) is 0 Å². The van der Waals surface area contributed by atoms with Gasteiger partial charge in [-0.1, -0.05) is 0 Å². The van der Waals surface area contributed by atoms with Gasteiger partial charge in [-0.3, -0.25) is 0 Å². The number of nitrogens with two attached hydrogens (primary N) is 1. The molecular formula is C14H18N2O2S2. The van der Waals surface area contributed by atoms with Crippen LogP contribution in [0.3, 0.4) is 0 Å². The molecule has 108 valence electrons. The molecule has 20 heavy (non-hydrogen) atoms. The second-order valence-electron chi connectivity index (χ2n) is 4.88. The minimum atomic E-state index is -3.59. The molecule has 0 fully saturated rings. The number of nitrogens with one attached hydrogen (secondary N) is 1. The molecule has 0 radical (unpaired) electrons. The Balaban J connectivity index is 2.36. The van der Waals surface area contributed by atoms with Crippen molar-refractivity contribution in [3.05, 3.63) is 45.6 Å². The van der Waals surface area contributed by atoms with E-state index in [0.717, 1.165) is 11.1 Å². The van der Waals surface area contributed by atoms with Crippen molar-refractivity contribution in [2.75, 3.05) is 5.73 Å². The van der Waals surface area contributed by atoms with Crippen molar-refractivity contribution in [2.24, 2.45) is 0 Å². The lowest BCUT2D eigenvalue weighted by Crippen LogP contribution is -2.27. The first-order valence-corrected chi connectivity index (χ1v) is 8.65. The fourth-order valence-corrected chi connectivity index (χ4v) is 4.36. The van der Waals surface area contributed by atoms with Gasteiger partial charge >= 0.3 is 0 Å². The number of sulfonamides is 1. The van der Waals surface area contributed by atoms with E-state index < -0.39 is 10.0 Å². The third-order valence-corrected chi connectivity index (χ3v) is 5.58. The van der Waals surface area contributed by atoms with Crippen molar-refractivity contribution in [1.82, 2.24) is 4.72 Å². The zero-order valence-corrected chi connectivity index (χ0v) is 13.3. The highest BCUT2D eigenvalue weighted by atomic mass is 32.2. The topological polar surface area (TPSA) is 72.2 Å². The Bertz CT molecular complexity index is 707. The third kappa shape index (κ3) is 3.03. The summed E-state index contributed by atoms with van der Waals surface area (Å²) in [7, 11) is -3.59. The molecule has 0 aliphatic rings. The van der Waals surface area contributed by atoms with Gasteiger partial charge in [-0.25, -0.2) is 13.1 Å². The fraction of sp³-hybridized carbons (Fsp3) is 0.286. The van der Waals surface area contributed by atoms with Crippen LogP contribution in [0.5, 0.6) is 0 Å². The van der Waals surface area contributed by atoms with E-state index in [9.17, 15) is 8.42 Å². The van der Waals surface area contributed by atoms with E-state index in [1.165, 1.54) is 0 Å². The summed E-state index contributed by atoms with van der Waals surface area (Å²) in [5.41, 5.74) is 8.72. The smallest absolute Gasteiger partial charge is 0.241 e. The van der Waals surface area contributed by atoms with Crippen molar-refractivity contribution < 1.29 is 8.42 Å². The first-order chi connectivity index (χ1) is 9.31. The normalized spacial score (nSPS) is 13.3. The summed E-state index contributed by atoms with van der Waals surface area (Å²) in [5, 5.41) is 3.86. The van der Waals surface area contributed by atoms with Crippen LogP contribution in [0.25, 0.3) is 0 Å². The highest BCUT2D eigenvalue weighted by Gasteiger charge is 2.21. The molecule has 3 N–H and O–H groups in total. The van der Waals surface area contributed by atoms with Crippen molar-refractivity contribution in [2.45, 2.75) is 31.7 Å². The monoisotopic (exact) mass is 310 g/mol. The Kier molecular flexibility index (Phi) is 4.17. The molecule has 2 aromatic rings. The maximum Gasteiger partial charge on any atom is 0.241 e. The van der Waals surface area contributed by atoms with Crippen molar-refractivity contribution >= 4 is 27.0 Å². The van der Waals surface area contributed by atoms with Gasteiger partial charge in [0.15, 0.2) is 0 Å². The molecule has 0 saturated carbocycles. The van der Waals surface area contributed by atoms with Crippen LogP contribution in [0.1, 0.15) is 29.7 Å². The fourth-order valence-electron chi connectivity index (χ4n) is 2.02. The Morgan fingerprint density at radius 3 is 2.60 bits per heavy atom. The molecule has 1 atom stereocenters. The number of hydrogen-bond donors (Lipinski definition) is 2. The lowest BCUT2D eigenvalue weighted by atomic mass is 10.1. The van der Waals surface area contributed by atoms with Crippen LogP contribution in [0.4, 0.5) is 5.69 Å². The summed E-state index contributed by atoms with van der Waals surface area (Å²) in [6.07, 6.45) is 0. The maximum absolute atomic E-state index is 12.5. The maximum atomic E-state index is 12.5. The Hall–Kier alpha value is -1.37. The van der Waals surface area contributed by atoms with Gasteiger partial charge in [0.1, 0.15) is 0 Å². The molecule has 4 nitrogen and oxygen atoms in total. The zero-order chi connectivity index (χ0) is 14.9. The Labute approximate surface area is 123 Å². The quantitative estimate of drug-likeness (QED) is 0.853. The van der Waals surface area contributed by atoms with E-state index in [1.807, 2.05) is 30.7 Å². The summed E-state index contributed by atoms with van der Waals surface area (Å²) in [4.78, 5) is 0.247. The van der Waals surface area contributed by atoms with Crippen LogP contribution < -0.4 is 10.5 Å². The molecule has 0 spiro atoms. The van der Waals surface area contributed by atoms with Gasteiger partial charge < -0.3 is 5.73 Å². The summed E-state index contributed by atoms with van der Waals surface area (Å²) < 4.78 is 27.7. The average molecular weight is 310 g/mol. The highest BCUT2D eigenvalue weighted by molar-refractivity contribution is 7.89. The average Bonchev–Trinajstić information content (AvgIpc) is 2.86. The lowest BCUT2D eigenvalue weighted by molar-refractivity contribution is 0.566. The second kappa shape index (κ2) is 5.55. The van der Waals surface area contributed by atoms with E-state index in [0.29, 0.717) is 11.3 Å².